The van der Waals surface area contributed by atoms with Crippen LogP contribution in [0.4, 0.5) is 5.69 Å². The maximum absolute atomic E-state index is 12.9. The Morgan fingerprint density at radius 3 is 2.39 bits per heavy atom. The van der Waals surface area contributed by atoms with Crippen LogP contribution in [-0.2, 0) is 24.7 Å². The van der Waals surface area contributed by atoms with E-state index in [1.165, 1.54) is 16.4 Å². The second kappa shape index (κ2) is 8.53. The first-order valence-electron chi connectivity index (χ1n) is 8.62. The van der Waals surface area contributed by atoms with E-state index in [1.807, 2.05) is 0 Å². The molecular weight excluding hydrogens is 410 g/mol. The Bertz CT molecular complexity index is 966. The lowest BCUT2D eigenvalue weighted by atomic mass is 9.97. The van der Waals surface area contributed by atoms with E-state index in [4.69, 9.17) is 0 Å². The molecule has 12 heteroatoms. The molecule has 2 rings (SSSR count). The molecule has 1 aromatic rings. The van der Waals surface area contributed by atoms with Gasteiger partial charge in [0, 0.05) is 43.9 Å². The molecule has 1 fully saturated rings. The second-order valence-electron chi connectivity index (χ2n) is 6.81. The molecule has 0 aliphatic carbocycles. The number of sulfone groups is 1. The molecule has 156 valence electrons. The highest BCUT2D eigenvalue weighted by Crippen LogP contribution is 2.28. The van der Waals surface area contributed by atoms with Gasteiger partial charge in [-0.05, 0) is 25.3 Å². The summed E-state index contributed by atoms with van der Waals surface area (Å²) >= 11 is 0. The first kappa shape index (κ1) is 22.2. The Kier molecular flexibility index (Phi) is 6.78. The van der Waals surface area contributed by atoms with Gasteiger partial charge in [-0.15, -0.1) is 0 Å². The number of hydrogen-bond acceptors (Lipinski definition) is 7. The number of nitrogens with zero attached hydrogens (tertiary/aromatic N) is 2. The van der Waals surface area contributed by atoms with Crippen molar-refractivity contribution < 1.29 is 26.6 Å². The van der Waals surface area contributed by atoms with Crippen molar-refractivity contribution in [2.45, 2.75) is 24.7 Å². The van der Waals surface area contributed by atoms with E-state index in [0.29, 0.717) is 5.56 Å². The van der Waals surface area contributed by atoms with Crippen LogP contribution in [0.25, 0.3) is 0 Å². The van der Waals surface area contributed by atoms with Crippen molar-refractivity contribution in [3.8, 4) is 0 Å². The van der Waals surface area contributed by atoms with E-state index in [2.05, 4.69) is 5.32 Å². The average Bonchev–Trinajstić information content (AvgIpc) is 2.60. The summed E-state index contributed by atoms with van der Waals surface area (Å²) in [5.41, 5.74) is 0.107. The summed E-state index contributed by atoms with van der Waals surface area (Å²) in [5.74, 6) is -0.859. The number of benzene rings is 1. The van der Waals surface area contributed by atoms with Crippen LogP contribution in [-0.4, -0.2) is 63.6 Å². The molecule has 0 saturated carbocycles. The SMILES string of the molecule is Cc1ccc([N+](=O)[O-])cc1S(=O)(=O)N1CCC(C(=O)NCCS(C)(=O)=O)CC1. The molecule has 1 aliphatic rings. The number of nitrogens with one attached hydrogen (secondary N) is 1. The molecule has 0 unspecified atom stereocenters. The summed E-state index contributed by atoms with van der Waals surface area (Å²) in [6.45, 7) is 1.80. The molecule has 1 aromatic carbocycles. The minimum absolute atomic E-state index is 0.0169. The van der Waals surface area contributed by atoms with Crippen LogP contribution in [0.2, 0.25) is 0 Å². The predicted molar refractivity (Wildman–Crippen MR) is 102 cm³/mol. The number of piperidine rings is 1. The summed E-state index contributed by atoms with van der Waals surface area (Å²) in [5, 5.41) is 13.5. The van der Waals surface area contributed by atoms with Gasteiger partial charge in [0.25, 0.3) is 5.69 Å². The van der Waals surface area contributed by atoms with Gasteiger partial charge in [-0.2, -0.15) is 4.31 Å². The normalized spacial score (nSPS) is 16.6. The highest BCUT2D eigenvalue weighted by atomic mass is 32.2. The topological polar surface area (TPSA) is 144 Å². The third-order valence-electron chi connectivity index (χ3n) is 4.60. The van der Waals surface area contributed by atoms with Crippen LogP contribution in [0.1, 0.15) is 18.4 Å². The summed E-state index contributed by atoms with van der Waals surface area (Å²) in [7, 11) is -7.09. The highest BCUT2D eigenvalue weighted by Gasteiger charge is 2.33. The second-order valence-corrected chi connectivity index (χ2v) is 11.0. The Morgan fingerprint density at radius 1 is 1.25 bits per heavy atom. The van der Waals surface area contributed by atoms with Gasteiger partial charge in [0.1, 0.15) is 9.84 Å². The number of nitro benzene ring substituents is 1. The van der Waals surface area contributed by atoms with Gasteiger partial charge in [-0.3, -0.25) is 14.9 Å². The molecule has 1 amide bonds. The summed E-state index contributed by atoms with van der Waals surface area (Å²) in [6.07, 6.45) is 1.66. The van der Waals surface area contributed by atoms with Gasteiger partial charge in [-0.1, -0.05) is 6.07 Å². The first-order chi connectivity index (χ1) is 12.9. The maximum atomic E-state index is 12.9. The lowest BCUT2D eigenvalue weighted by Crippen LogP contribution is -2.43. The van der Waals surface area contributed by atoms with Crippen LogP contribution in [0.3, 0.4) is 0 Å². The van der Waals surface area contributed by atoms with Crippen molar-refractivity contribution in [3.63, 3.8) is 0 Å². The van der Waals surface area contributed by atoms with E-state index in [1.54, 1.807) is 6.92 Å². The highest BCUT2D eigenvalue weighted by molar-refractivity contribution is 7.90. The molecule has 1 heterocycles. The molecule has 28 heavy (non-hydrogen) atoms. The van der Waals surface area contributed by atoms with E-state index < -0.39 is 30.7 Å². The van der Waals surface area contributed by atoms with Crippen LogP contribution >= 0.6 is 0 Å². The molecule has 1 aliphatic heterocycles. The lowest BCUT2D eigenvalue weighted by Gasteiger charge is -2.30. The molecule has 0 aromatic heterocycles. The van der Waals surface area contributed by atoms with Crippen LogP contribution < -0.4 is 5.32 Å². The molecule has 1 saturated heterocycles. The number of amides is 1. The number of rotatable bonds is 7. The predicted octanol–water partition coefficient (Wildman–Crippen LogP) is 0.465. The van der Waals surface area contributed by atoms with E-state index in [0.717, 1.165) is 12.3 Å². The first-order valence-corrected chi connectivity index (χ1v) is 12.1. The zero-order valence-corrected chi connectivity index (χ0v) is 17.3. The minimum atomic E-state index is -3.92. The van der Waals surface area contributed by atoms with E-state index in [-0.39, 0.29) is 54.7 Å². The minimum Gasteiger partial charge on any atom is -0.355 e. The Morgan fingerprint density at radius 2 is 1.86 bits per heavy atom. The van der Waals surface area contributed by atoms with Gasteiger partial charge in [0.05, 0.1) is 15.6 Å². The van der Waals surface area contributed by atoms with Crippen molar-refractivity contribution in [1.82, 2.24) is 9.62 Å². The Balaban J connectivity index is 2.03. The number of carbonyl (C=O) groups is 1. The largest absolute Gasteiger partial charge is 0.355 e. The van der Waals surface area contributed by atoms with Crippen LogP contribution in [0.5, 0.6) is 0 Å². The summed E-state index contributed by atoms with van der Waals surface area (Å²) in [4.78, 5) is 22.3. The van der Waals surface area contributed by atoms with E-state index in [9.17, 15) is 31.7 Å². The lowest BCUT2D eigenvalue weighted by molar-refractivity contribution is -0.385. The molecule has 0 bridgehead atoms. The van der Waals surface area contributed by atoms with Crippen molar-refractivity contribution in [1.29, 1.82) is 0 Å². The number of non-ortho nitro benzene ring substituents is 1. The third-order valence-corrected chi connectivity index (χ3v) is 7.58. The zero-order chi connectivity index (χ0) is 21.1. The number of nitro groups is 1. The molecular formula is C16H23N3O7S2. The Hall–Kier alpha value is -2.05. The van der Waals surface area contributed by atoms with Crippen LogP contribution in [0, 0.1) is 23.0 Å². The molecule has 0 atom stereocenters. The standard InChI is InChI=1S/C16H23N3O7S2/c1-12-3-4-14(19(21)22)11-15(12)28(25,26)18-8-5-13(6-9-18)16(20)17-7-10-27(2,23)24/h3-4,11,13H,5-10H2,1-2H3,(H,17,20). The Labute approximate surface area is 164 Å². The molecule has 1 N–H and O–H groups in total. The summed E-state index contributed by atoms with van der Waals surface area (Å²) in [6, 6.07) is 3.70. The smallest absolute Gasteiger partial charge is 0.270 e. The summed E-state index contributed by atoms with van der Waals surface area (Å²) < 4.78 is 49.2. The molecule has 0 spiro atoms. The van der Waals surface area contributed by atoms with Gasteiger partial charge in [0.2, 0.25) is 15.9 Å². The number of carbonyl (C=O) groups excluding carboxylic acids is 1. The fourth-order valence-corrected chi connectivity index (χ4v) is 5.17. The van der Waals surface area contributed by atoms with Gasteiger partial charge >= 0.3 is 0 Å². The number of hydrogen-bond donors (Lipinski definition) is 1. The third kappa shape index (κ3) is 5.49. The fourth-order valence-electron chi connectivity index (χ4n) is 2.98. The molecule has 0 radical (unpaired) electrons. The van der Waals surface area contributed by atoms with Crippen molar-refractivity contribution in [2.75, 3.05) is 31.6 Å². The van der Waals surface area contributed by atoms with Crippen LogP contribution in [0.15, 0.2) is 23.1 Å². The number of aryl methyl sites for hydroxylation is 1. The average molecular weight is 434 g/mol. The number of sulfonamides is 1. The van der Waals surface area contributed by atoms with E-state index >= 15 is 0 Å². The van der Waals surface area contributed by atoms with Gasteiger partial charge in [-0.25, -0.2) is 16.8 Å². The van der Waals surface area contributed by atoms with Crippen molar-refractivity contribution >= 4 is 31.5 Å². The van der Waals surface area contributed by atoms with Gasteiger partial charge in [0.15, 0.2) is 0 Å². The monoisotopic (exact) mass is 433 g/mol. The quantitative estimate of drug-likeness (QED) is 0.486. The maximum Gasteiger partial charge on any atom is 0.270 e. The van der Waals surface area contributed by atoms with Crippen molar-refractivity contribution in [3.05, 3.63) is 33.9 Å². The zero-order valence-electron chi connectivity index (χ0n) is 15.6. The molecule has 10 nitrogen and oxygen atoms in total. The van der Waals surface area contributed by atoms with Crippen molar-refractivity contribution in [2.24, 2.45) is 5.92 Å². The van der Waals surface area contributed by atoms with Gasteiger partial charge < -0.3 is 5.32 Å². The fraction of sp³-hybridized carbons (Fsp3) is 0.562.